The van der Waals surface area contributed by atoms with Crippen molar-refractivity contribution < 1.29 is 4.42 Å². The van der Waals surface area contributed by atoms with E-state index in [0.29, 0.717) is 6.04 Å². The quantitative estimate of drug-likeness (QED) is 0.858. The van der Waals surface area contributed by atoms with Crippen LogP contribution >= 0.6 is 22.9 Å². The molecule has 3 heterocycles. The van der Waals surface area contributed by atoms with E-state index in [1.807, 2.05) is 12.1 Å². The zero-order valence-corrected chi connectivity index (χ0v) is 13.6. The molecule has 1 saturated heterocycles. The lowest BCUT2D eigenvalue weighted by Gasteiger charge is -2.33. The van der Waals surface area contributed by atoms with Gasteiger partial charge in [-0.05, 0) is 50.2 Å². The Hall–Kier alpha value is -0.810. The lowest BCUT2D eigenvalue weighted by atomic mass is 10.1. The Morgan fingerprint density at radius 1 is 1.24 bits per heavy atom. The molecule has 1 N–H and O–H groups in total. The first-order valence-corrected chi connectivity index (χ1v) is 8.75. The van der Waals surface area contributed by atoms with Crippen molar-refractivity contribution in [2.45, 2.75) is 31.8 Å². The predicted molar refractivity (Wildman–Crippen MR) is 87.9 cm³/mol. The van der Waals surface area contributed by atoms with Gasteiger partial charge in [-0.2, -0.15) is 0 Å². The minimum Gasteiger partial charge on any atom is -0.468 e. The first-order valence-electron chi connectivity index (χ1n) is 7.55. The number of hydrogen-bond acceptors (Lipinski definition) is 4. The number of piperidine rings is 1. The van der Waals surface area contributed by atoms with Gasteiger partial charge in [0.25, 0.3) is 0 Å². The number of likely N-dealkylation sites (tertiary alicyclic amines) is 1. The molecule has 1 aliphatic rings. The minimum absolute atomic E-state index is 0.329. The molecule has 0 aliphatic carbocycles. The molecule has 0 bridgehead atoms. The maximum Gasteiger partial charge on any atom is 0.122 e. The van der Waals surface area contributed by atoms with E-state index >= 15 is 0 Å². The van der Waals surface area contributed by atoms with Gasteiger partial charge in [-0.15, -0.1) is 11.3 Å². The molecule has 1 unspecified atom stereocenters. The van der Waals surface area contributed by atoms with E-state index in [0.717, 1.165) is 36.3 Å². The molecule has 0 aromatic carbocycles. The zero-order valence-electron chi connectivity index (χ0n) is 12.1. The van der Waals surface area contributed by atoms with Gasteiger partial charge < -0.3 is 9.73 Å². The lowest BCUT2D eigenvalue weighted by Crippen LogP contribution is -2.38. The largest absolute Gasteiger partial charge is 0.468 e. The van der Waals surface area contributed by atoms with Crippen LogP contribution in [-0.4, -0.2) is 24.5 Å². The van der Waals surface area contributed by atoms with Gasteiger partial charge in [-0.25, -0.2) is 0 Å². The first kappa shape index (κ1) is 15.1. The Labute approximate surface area is 134 Å². The minimum atomic E-state index is 0.329. The van der Waals surface area contributed by atoms with Crippen LogP contribution in [0.3, 0.4) is 0 Å². The Bertz CT molecular complexity index is 534. The van der Waals surface area contributed by atoms with Gasteiger partial charge in [-0.1, -0.05) is 18.0 Å². The summed E-state index contributed by atoms with van der Waals surface area (Å²) in [4.78, 5) is 3.81. The highest BCUT2D eigenvalue weighted by Gasteiger charge is 2.23. The molecule has 114 valence electrons. The number of rotatable bonds is 6. The maximum atomic E-state index is 5.97. The molecular formula is C16H21ClN2OS. The van der Waals surface area contributed by atoms with Gasteiger partial charge in [0.2, 0.25) is 0 Å². The summed E-state index contributed by atoms with van der Waals surface area (Å²) >= 11 is 7.61. The first-order chi connectivity index (χ1) is 10.3. The van der Waals surface area contributed by atoms with E-state index in [9.17, 15) is 0 Å². The molecule has 1 fully saturated rings. The van der Waals surface area contributed by atoms with Crippen molar-refractivity contribution >= 4 is 22.9 Å². The average molecular weight is 325 g/mol. The van der Waals surface area contributed by atoms with E-state index in [1.54, 1.807) is 17.6 Å². The highest BCUT2D eigenvalue weighted by Crippen LogP contribution is 2.25. The Kier molecular flexibility index (Phi) is 5.36. The van der Waals surface area contributed by atoms with Crippen LogP contribution in [0.15, 0.2) is 34.9 Å². The van der Waals surface area contributed by atoms with Crippen molar-refractivity contribution in [1.82, 2.24) is 10.2 Å². The van der Waals surface area contributed by atoms with Crippen LogP contribution in [0.5, 0.6) is 0 Å². The molecule has 21 heavy (non-hydrogen) atoms. The van der Waals surface area contributed by atoms with Crippen LogP contribution in [0, 0.1) is 0 Å². The summed E-state index contributed by atoms with van der Waals surface area (Å²) < 4.78 is 6.51. The lowest BCUT2D eigenvalue weighted by molar-refractivity contribution is 0.142. The van der Waals surface area contributed by atoms with Crippen molar-refractivity contribution in [3.05, 3.63) is 45.5 Å². The summed E-state index contributed by atoms with van der Waals surface area (Å²) in [7, 11) is 0. The second kappa shape index (κ2) is 7.45. The van der Waals surface area contributed by atoms with Crippen LogP contribution in [0.2, 0.25) is 4.34 Å². The second-order valence-electron chi connectivity index (χ2n) is 5.46. The Morgan fingerprint density at radius 3 is 2.76 bits per heavy atom. The number of nitrogens with one attached hydrogen (secondary N) is 1. The zero-order chi connectivity index (χ0) is 14.5. The molecule has 5 heteroatoms. The summed E-state index contributed by atoms with van der Waals surface area (Å²) in [5.74, 6) is 1.06. The van der Waals surface area contributed by atoms with E-state index in [-0.39, 0.29) is 0 Å². The fourth-order valence-corrected chi connectivity index (χ4v) is 3.96. The molecule has 2 aromatic heterocycles. The van der Waals surface area contributed by atoms with Crippen LogP contribution in [0.25, 0.3) is 0 Å². The fourth-order valence-electron chi connectivity index (χ4n) is 2.90. The van der Waals surface area contributed by atoms with E-state index in [1.165, 1.54) is 24.1 Å². The Balaban J connectivity index is 1.59. The third kappa shape index (κ3) is 4.10. The van der Waals surface area contributed by atoms with E-state index in [2.05, 4.69) is 22.3 Å². The molecule has 3 rings (SSSR count). The second-order valence-corrected chi connectivity index (χ2v) is 7.26. The standard InChI is InChI=1S/C16H21ClN2OS/c17-16-7-6-13(21-16)11-18-12-14(15-5-4-10-20-15)19-8-2-1-3-9-19/h4-7,10,14,18H,1-3,8-9,11-12H2. The molecule has 0 amide bonds. The monoisotopic (exact) mass is 324 g/mol. The summed E-state index contributed by atoms with van der Waals surface area (Å²) in [6, 6.07) is 8.44. The molecule has 0 saturated carbocycles. The molecule has 1 aliphatic heterocycles. The highest BCUT2D eigenvalue weighted by atomic mass is 35.5. The van der Waals surface area contributed by atoms with Crippen LogP contribution in [0.1, 0.15) is 35.9 Å². The number of hydrogen-bond donors (Lipinski definition) is 1. The van der Waals surface area contributed by atoms with Crippen molar-refractivity contribution in [1.29, 1.82) is 0 Å². The Morgan fingerprint density at radius 2 is 2.10 bits per heavy atom. The van der Waals surface area contributed by atoms with Gasteiger partial charge >= 0.3 is 0 Å². The summed E-state index contributed by atoms with van der Waals surface area (Å²) in [6.45, 7) is 4.10. The van der Waals surface area contributed by atoms with Gasteiger partial charge in [0, 0.05) is 18.0 Å². The van der Waals surface area contributed by atoms with E-state index < -0.39 is 0 Å². The summed E-state index contributed by atoms with van der Waals surface area (Å²) in [5, 5.41) is 3.55. The van der Waals surface area contributed by atoms with Crippen LogP contribution in [0.4, 0.5) is 0 Å². The third-order valence-electron chi connectivity index (χ3n) is 3.97. The van der Waals surface area contributed by atoms with Crippen LogP contribution in [-0.2, 0) is 6.54 Å². The molecule has 2 aromatic rings. The predicted octanol–water partition coefficient (Wildman–Crippen LogP) is 4.31. The number of furan rings is 1. The van der Waals surface area contributed by atoms with Crippen molar-refractivity contribution in [2.75, 3.05) is 19.6 Å². The normalized spacial score (nSPS) is 18.0. The van der Waals surface area contributed by atoms with E-state index in [4.69, 9.17) is 16.0 Å². The molecule has 1 atom stereocenters. The SMILES string of the molecule is Clc1ccc(CNCC(c2ccco2)N2CCCCC2)s1. The average Bonchev–Trinajstić information content (AvgIpc) is 3.16. The van der Waals surface area contributed by atoms with Gasteiger partial charge in [0.05, 0.1) is 16.6 Å². The highest BCUT2D eigenvalue weighted by molar-refractivity contribution is 7.16. The van der Waals surface area contributed by atoms with Gasteiger partial charge in [-0.3, -0.25) is 4.90 Å². The molecule has 0 spiro atoms. The van der Waals surface area contributed by atoms with Crippen molar-refractivity contribution in [2.24, 2.45) is 0 Å². The molecular weight excluding hydrogens is 304 g/mol. The number of halogens is 1. The number of thiophene rings is 1. The maximum absolute atomic E-state index is 5.97. The summed E-state index contributed by atoms with van der Waals surface area (Å²) in [5.41, 5.74) is 0. The topological polar surface area (TPSA) is 28.4 Å². The molecule has 3 nitrogen and oxygen atoms in total. The summed E-state index contributed by atoms with van der Waals surface area (Å²) in [6.07, 6.45) is 5.70. The smallest absolute Gasteiger partial charge is 0.122 e. The van der Waals surface area contributed by atoms with Crippen molar-refractivity contribution in [3.8, 4) is 0 Å². The van der Waals surface area contributed by atoms with Gasteiger partial charge in [0.15, 0.2) is 0 Å². The van der Waals surface area contributed by atoms with Crippen LogP contribution < -0.4 is 5.32 Å². The van der Waals surface area contributed by atoms with Crippen molar-refractivity contribution in [3.63, 3.8) is 0 Å². The van der Waals surface area contributed by atoms with Gasteiger partial charge in [0.1, 0.15) is 5.76 Å². The third-order valence-corrected chi connectivity index (χ3v) is 5.20. The fraction of sp³-hybridized carbons (Fsp3) is 0.500. The molecule has 0 radical (unpaired) electrons. The number of nitrogens with zero attached hydrogens (tertiary/aromatic N) is 1.